The number of carbonyl (C=O) groups excluding carboxylic acids is 1. The Bertz CT molecular complexity index is 359. The molecule has 1 fully saturated rings. The van der Waals surface area contributed by atoms with Gasteiger partial charge in [0.25, 0.3) is 5.91 Å². The Hall–Kier alpha value is -1.01. The smallest absolute Gasteiger partial charge is 0.271 e. The molecular formula is C10H16N4OS. The van der Waals surface area contributed by atoms with Gasteiger partial charge in [0.05, 0.1) is 6.33 Å². The summed E-state index contributed by atoms with van der Waals surface area (Å²) in [4.78, 5) is 15.9. The summed E-state index contributed by atoms with van der Waals surface area (Å²) in [7, 11) is 0. The normalized spacial score (nSPS) is 19.9. The lowest BCUT2D eigenvalue weighted by molar-refractivity contribution is 0.0936. The van der Waals surface area contributed by atoms with E-state index in [1.165, 1.54) is 0 Å². The number of carbonyl (C=O) groups is 1. The molecule has 0 aromatic carbocycles. The van der Waals surface area contributed by atoms with E-state index in [1.807, 2.05) is 16.3 Å². The molecule has 5 nitrogen and oxygen atoms in total. The van der Waals surface area contributed by atoms with E-state index in [2.05, 4.69) is 10.3 Å². The molecular weight excluding hydrogens is 224 g/mol. The first-order valence-electron chi connectivity index (χ1n) is 5.40. The predicted molar refractivity (Wildman–Crippen MR) is 64.5 cm³/mol. The van der Waals surface area contributed by atoms with Gasteiger partial charge in [-0.1, -0.05) is 0 Å². The number of nitrogens with one attached hydrogen (secondary N) is 1. The molecule has 0 radical (unpaired) electrons. The molecule has 0 spiro atoms. The van der Waals surface area contributed by atoms with Crippen LogP contribution in [0.2, 0.25) is 0 Å². The first kappa shape index (κ1) is 11.5. The van der Waals surface area contributed by atoms with Gasteiger partial charge in [-0.2, -0.15) is 11.8 Å². The molecule has 0 aliphatic carbocycles. The summed E-state index contributed by atoms with van der Waals surface area (Å²) in [5, 5.41) is 2.98. The largest absolute Gasteiger partial charge is 0.347 e. The number of nitrogens with zero attached hydrogens (tertiary/aromatic N) is 2. The third kappa shape index (κ3) is 2.76. The van der Waals surface area contributed by atoms with Gasteiger partial charge >= 0.3 is 0 Å². The van der Waals surface area contributed by atoms with Gasteiger partial charge in [-0.3, -0.25) is 4.79 Å². The molecule has 2 heterocycles. The summed E-state index contributed by atoms with van der Waals surface area (Å²) in [6.07, 6.45) is 4.44. The van der Waals surface area contributed by atoms with E-state index in [-0.39, 0.29) is 5.91 Å². The first-order chi connectivity index (χ1) is 7.79. The van der Waals surface area contributed by atoms with Crippen LogP contribution < -0.4 is 11.1 Å². The maximum absolute atomic E-state index is 11.8. The third-order valence-corrected chi connectivity index (χ3v) is 3.68. The summed E-state index contributed by atoms with van der Waals surface area (Å²) in [5.74, 6) is 2.06. The van der Waals surface area contributed by atoms with Crippen LogP contribution in [0.3, 0.4) is 0 Å². The number of imidazole rings is 1. The van der Waals surface area contributed by atoms with E-state index in [4.69, 9.17) is 5.73 Å². The van der Waals surface area contributed by atoms with Gasteiger partial charge in [-0.25, -0.2) is 4.98 Å². The molecule has 88 valence electrons. The third-order valence-electron chi connectivity index (χ3n) is 2.52. The first-order valence-corrected chi connectivity index (χ1v) is 6.55. The summed E-state index contributed by atoms with van der Waals surface area (Å²) in [5.41, 5.74) is 5.90. The fourth-order valence-corrected chi connectivity index (χ4v) is 2.81. The number of rotatable bonds is 4. The number of hydrogen-bond donors (Lipinski definition) is 2. The molecule has 1 saturated heterocycles. The maximum atomic E-state index is 11.8. The molecule has 0 saturated carbocycles. The van der Waals surface area contributed by atoms with Gasteiger partial charge < -0.3 is 15.6 Å². The van der Waals surface area contributed by atoms with Crippen molar-refractivity contribution in [2.75, 3.05) is 18.1 Å². The predicted octanol–water partition coefficient (Wildman–Crippen LogP) is 0.0771. The van der Waals surface area contributed by atoms with Crippen LogP contribution in [-0.2, 0) is 6.54 Å². The van der Waals surface area contributed by atoms with Crippen molar-refractivity contribution in [3.8, 4) is 0 Å². The summed E-state index contributed by atoms with van der Waals surface area (Å²) >= 11 is 1.88. The Morgan fingerprint density at radius 3 is 3.31 bits per heavy atom. The number of nitrogens with two attached hydrogens (primary N) is 1. The lowest BCUT2D eigenvalue weighted by atomic mass is 10.2. The highest BCUT2D eigenvalue weighted by molar-refractivity contribution is 7.99. The minimum atomic E-state index is -0.0803. The van der Waals surface area contributed by atoms with Gasteiger partial charge in [0.2, 0.25) is 0 Å². The number of hydrogen-bond acceptors (Lipinski definition) is 4. The standard InChI is InChI=1S/C10H16N4OS/c11-2-3-14-5-9(12-7-14)10(15)13-8-1-4-16-6-8/h5,7-8H,1-4,6,11H2,(H,13,15). The molecule has 0 bridgehead atoms. The van der Waals surface area contributed by atoms with Gasteiger partial charge in [0.1, 0.15) is 5.69 Å². The second kappa shape index (κ2) is 5.36. The fourth-order valence-electron chi connectivity index (χ4n) is 1.66. The molecule has 1 unspecified atom stereocenters. The lowest BCUT2D eigenvalue weighted by Crippen LogP contribution is -2.34. The highest BCUT2D eigenvalue weighted by Crippen LogP contribution is 2.17. The molecule has 1 aromatic rings. The van der Waals surface area contributed by atoms with Crippen LogP contribution in [0.25, 0.3) is 0 Å². The van der Waals surface area contributed by atoms with E-state index in [9.17, 15) is 4.79 Å². The fraction of sp³-hybridized carbons (Fsp3) is 0.600. The van der Waals surface area contributed by atoms with Crippen LogP contribution in [0.5, 0.6) is 0 Å². The van der Waals surface area contributed by atoms with Crippen molar-refractivity contribution in [3.05, 3.63) is 18.2 Å². The number of aromatic nitrogens is 2. The summed E-state index contributed by atoms with van der Waals surface area (Å²) in [6, 6.07) is 0.303. The van der Waals surface area contributed by atoms with E-state index < -0.39 is 0 Å². The SMILES string of the molecule is NCCn1cnc(C(=O)NC2CCSC2)c1. The van der Waals surface area contributed by atoms with Crippen LogP contribution in [-0.4, -0.2) is 39.6 Å². The molecule has 1 amide bonds. The zero-order valence-electron chi connectivity index (χ0n) is 9.06. The van der Waals surface area contributed by atoms with Crippen molar-refractivity contribution in [2.45, 2.75) is 19.0 Å². The Morgan fingerprint density at radius 2 is 2.62 bits per heavy atom. The Labute approximate surface area is 98.8 Å². The van der Waals surface area contributed by atoms with Gasteiger partial charge in [0.15, 0.2) is 0 Å². The van der Waals surface area contributed by atoms with Crippen molar-refractivity contribution in [3.63, 3.8) is 0 Å². The lowest BCUT2D eigenvalue weighted by Gasteiger charge is -2.09. The van der Waals surface area contributed by atoms with E-state index >= 15 is 0 Å². The van der Waals surface area contributed by atoms with E-state index in [1.54, 1.807) is 12.5 Å². The second-order valence-corrected chi connectivity index (χ2v) is 4.97. The molecule has 1 aliphatic rings. The summed E-state index contributed by atoms with van der Waals surface area (Å²) in [6.45, 7) is 1.25. The minimum Gasteiger partial charge on any atom is -0.347 e. The van der Waals surface area contributed by atoms with E-state index in [0.29, 0.717) is 24.8 Å². The zero-order valence-corrected chi connectivity index (χ0v) is 9.87. The molecule has 1 aliphatic heterocycles. The number of amides is 1. The molecule has 2 rings (SSSR count). The molecule has 1 aromatic heterocycles. The second-order valence-electron chi connectivity index (χ2n) is 3.82. The quantitative estimate of drug-likeness (QED) is 0.781. The monoisotopic (exact) mass is 240 g/mol. The zero-order chi connectivity index (χ0) is 11.4. The topological polar surface area (TPSA) is 72.9 Å². The average Bonchev–Trinajstić information content (AvgIpc) is 2.89. The molecule has 3 N–H and O–H groups in total. The Kier molecular flexibility index (Phi) is 3.84. The minimum absolute atomic E-state index is 0.0803. The highest BCUT2D eigenvalue weighted by atomic mass is 32.2. The number of thioether (sulfide) groups is 1. The van der Waals surface area contributed by atoms with Crippen molar-refractivity contribution >= 4 is 17.7 Å². The Morgan fingerprint density at radius 1 is 1.75 bits per heavy atom. The highest BCUT2D eigenvalue weighted by Gasteiger charge is 2.19. The van der Waals surface area contributed by atoms with Gasteiger partial charge in [-0.15, -0.1) is 0 Å². The van der Waals surface area contributed by atoms with Crippen LogP contribution in [0, 0.1) is 0 Å². The Balaban J connectivity index is 1.91. The summed E-state index contributed by atoms with van der Waals surface area (Å²) < 4.78 is 1.83. The van der Waals surface area contributed by atoms with Crippen LogP contribution in [0.1, 0.15) is 16.9 Å². The molecule has 1 atom stereocenters. The van der Waals surface area contributed by atoms with Crippen LogP contribution >= 0.6 is 11.8 Å². The van der Waals surface area contributed by atoms with Crippen molar-refractivity contribution < 1.29 is 4.79 Å². The molecule has 6 heteroatoms. The van der Waals surface area contributed by atoms with E-state index in [0.717, 1.165) is 17.9 Å². The van der Waals surface area contributed by atoms with Crippen molar-refractivity contribution in [2.24, 2.45) is 5.73 Å². The van der Waals surface area contributed by atoms with Crippen molar-refractivity contribution in [1.29, 1.82) is 0 Å². The van der Waals surface area contributed by atoms with Crippen LogP contribution in [0.15, 0.2) is 12.5 Å². The average molecular weight is 240 g/mol. The molecule has 16 heavy (non-hydrogen) atoms. The van der Waals surface area contributed by atoms with Gasteiger partial charge in [-0.05, 0) is 12.2 Å². The van der Waals surface area contributed by atoms with Crippen molar-refractivity contribution in [1.82, 2.24) is 14.9 Å². The van der Waals surface area contributed by atoms with Gasteiger partial charge in [0, 0.05) is 31.1 Å². The van der Waals surface area contributed by atoms with Crippen LogP contribution in [0.4, 0.5) is 0 Å². The maximum Gasteiger partial charge on any atom is 0.271 e.